The third-order valence-corrected chi connectivity index (χ3v) is 5.35. The van der Waals surface area contributed by atoms with Crippen LogP contribution < -0.4 is 19.5 Å². The molecule has 0 saturated carbocycles. The summed E-state index contributed by atoms with van der Waals surface area (Å²) in [6.45, 7) is 3.33. The van der Waals surface area contributed by atoms with Crippen LogP contribution in [-0.2, 0) is 4.74 Å². The highest BCUT2D eigenvalue weighted by Crippen LogP contribution is 2.37. The number of benzene rings is 2. The molecular formula is C24H23N3O5. The van der Waals surface area contributed by atoms with Crippen molar-refractivity contribution in [2.45, 2.75) is 25.9 Å². The number of rotatable bonds is 6. The van der Waals surface area contributed by atoms with Crippen molar-refractivity contribution in [1.82, 2.24) is 15.3 Å². The Labute approximate surface area is 185 Å². The number of nitrogens with one attached hydrogen (secondary N) is 1. The molecule has 32 heavy (non-hydrogen) atoms. The van der Waals surface area contributed by atoms with Gasteiger partial charge in [-0.3, -0.25) is 4.79 Å². The molecule has 1 amide bonds. The molecule has 1 N–H and O–H groups in total. The summed E-state index contributed by atoms with van der Waals surface area (Å²) in [6.07, 6.45) is 3.47. The normalized spacial score (nSPS) is 16.7. The smallest absolute Gasteiger partial charge is 0.258 e. The van der Waals surface area contributed by atoms with Crippen LogP contribution in [0.1, 0.15) is 28.8 Å². The first-order chi connectivity index (χ1) is 15.7. The van der Waals surface area contributed by atoms with Gasteiger partial charge in [-0.1, -0.05) is 23.8 Å². The molecule has 3 heterocycles. The molecular weight excluding hydrogens is 410 g/mol. The van der Waals surface area contributed by atoms with Crippen LogP contribution in [-0.4, -0.2) is 41.9 Å². The van der Waals surface area contributed by atoms with Gasteiger partial charge in [-0.2, -0.15) is 4.98 Å². The van der Waals surface area contributed by atoms with E-state index in [2.05, 4.69) is 15.3 Å². The van der Waals surface area contributed by atoms with Crippen molar-refractivity contribution < 1.29 is 23.7 Å². The zero-order valence-corrected chi connectivity index (χ0v) is 17.7. The van der Waals surface area contributed by atoms with E-state index in [4.69, 9.17) is 18.9 Å². The Balaban J connectivity index is 1.45. The first-order valence-electron chi connectivity index (χ1n) is 10.6. The van der Waals surface area contributed by atoms with E-state index in [-0.39, 0.29) is 30.2 Å². The van der Waals surface area contributed by atoms with Gasteiger partial charge in [0.05, 0.1) is 6.10 Å². The fraction of sp³-hybridized carbons (Fsp3) is 0.292. The highest BCUT2D eigenvalue weighted by atomic mass is 16.7. The van der Waals surface area contributed by atoms with Gasteiger partial charge in [-0.25, -0.2) is 4.98 Å². The van der Waals surface area contributed by atoms with E-state index in [9.17, 15) is 4.79 Å². The zero-order chi connectivity index (χ0) is 21.9. The van der Waals surface area contributed by atoms with Gasteiger partial charge in [-0.15, -0.1) is 0 Å². The van der Waals surface area contributed by atoms with E-state index in [1.54, 1.807) is 18.2 Å². The highest BCUT2D eigenvalue weighted by Gasteiger charge is 2.22. The summed E-state index contributed by atoms with van der Waals surface area (Å²) < 4.78 is 22.4. The highest BCUT2D eigenvalue weighted by molar-refractivity contribution is 5.96. The van der Waals surface area contributed by atoms with Crippen LogP contribution in [0, 0.1) is 6.92 Å². The largest absolute Gasteiger partial charge is 0.454 e. The minimum atomic E-state index is -0.313. The Bertz CT molecular complexity index is 1140. The van der Waals surface area contributed by atoms with Crippen LogP contribution in [0.25, 0.3) is 11.4 Å². The molecule has 0 unspecified atom stereocenters. The lowest BCUT2D eigenvalue weighted by atomic mass is 10.1. The molecule has 2 aliphatic heterocycles. The number of amides is 1. The van der Waals surface area contributed by atoms with Gasteiger partial charge >= 0.3 is 0 Å². The Hall–Kier alpha value is -3.65. The van der Waals surface area contributed by atoms with Crippen LogP contribution in [0.15, 0.2) is 48.7 Å². The summed E-state index contributed by atoms with van der Waals surface area (Å²) in [4.78, 5) is 21.9. The van der Waals surface area contributed by atoms with Crippen LogP contribution in [0.4, 0.5) is 0 Å². The SMILES string of the molecule is Cc1cccc(-c2ncc(C(=O)NC[C@@H]3CCCO3)c(Oc3ccc4c(c3)OCO4)n2)c1. The number of nitrogens with zero attached hydrogens (tertiary/aromatic N) is 2. The van der Waals surface area contributed by atoms with Crippen molar-refractivity contribution in [3.8, 4) is 34.5 Å². The number of hydrogen-bond donors (Lipinski definition) is 1. The average molecular weight is 433 g/mol. The fourth-order valence-corrected chi connectivity index (χ4v) is 3.68. The van der Waals surface area contributed by atoms with E-state index >= 15 is 0 Å². The molecule has 5 rings (SSSR count). The first-order valence-corrected chi connectivity index (χ1v) is 10.6. The summed E-state index contributed by atoms with van der Waals surface area (Å²) in [5, 5.41) is 2.91. The quantitative estimate of drug-likeness (QED) is 0.631. The van der Waals surface area contributed by atoms with Crippen LogP contribution in [0.2, 0.25) is 0 Å². The van der Waals surface area contributed by atoms with Crippen molar-refractivity contribution in [3.05, 3.63) is 59.8 Å². The maximum Gasteiger partial charge on any atom is 0.258 e. The lowest BCUT2D eigenvalue weighted by Crippen LogP contribution is -2.32. The van der Waals surface area contributed by atoms with Crippen molar-refractivity contribution in [3.63, 3.8) is 0 Å². The summed E-state index contributed by atoms with van der Waals surface area (Å²) in [6, 6.07) is 13.1. The minimum absolute atomic E-state index is 0.0321. The van der Waals surface area contributed by atoms with Gasteiger partial charge in [0.1, 0.15) is 11.3 Å². The Kier molecular flexibility index (Phi) is 5.60. The Morgan fingerprint density at radius 2 is 2.09 bits per heavy atom. The first kappa shape index (κ1) is 20.3. The lowest BCUT2D eigenvalue weighted by Gasteiger charge is -2.14. The maximum atomic E-state index is 12.9. The van der Waals surface area contributed by atoms with E-state index in [1.807, 2.05) is 31.2 Å². The van der Waals surface area contributed by atoms with E-state index in [0.29, 0.717) is 29.6 Å². The number of hydrogen-bond acceptors (Lipinski definition) is 7. The van der Waals surface area contributed by atoms with Gasteiger partial charge in [0.15, 0.2) is 17.3 Å². The summed E-state index contributed by atoms with van der Waals surface area (Å²) in [5.74, 6) is 2.04. The summed E-state index contributed by atoms with van der Waals surface area (Å²) in [7, 11) is 0. The van der Waals surface area contributed by atoms with Gasteiger partial charge in [0, 0.05) is 31.0 Å². The van der Waals surface area contributed by atoms with Crippen molar-refractivity contribution in [2.24, 2.45) is 0 Å². The molecule has 2 aliphatic rings. The second-order valence-electron chi connectivity index (χ2n) is 7.74. The van der Waals surface area contributed by atoms with Crippen LogP contribution >= 0.6 is 0 Å². The molecule has 8 heteroatoms. The monoisotopic (exact) mass is 433 g/mol. The molecule has 2 aromatic carbocycles. The third-order valence-electron chi connectivity index (χ3n) is 5.35. The lowest BCUT2D eigenvalue weighted by molar-refractivity contribution is 0.0855. The average Bonchev–Trinajstić information content (AvgIpc) is 3.49. The number of carbonyl (C=O) groups is 1. The number of carbonyl (C=O) groups excluding carboxylic acids is 1. The summed E-state index contributed by atoms with van der Waals surface area (Å²) in [5.41, 5.74) is 2.17. The van der Waals surface area contributed by atoms with Crippen molar-refractivity contribution in [2.75, 3.05) is 19.9 Å². The second kappa shape index (κ2) is 8.84. The molecule has 0 aliphatic carbocycles. The van der Waals surface area contributed by atoms with Crippen LogP contribution in [0.3, 0.4) is 0 Å². The van der Waals surface area contributed by atoms with E-state index in [0.717, 1.165) is 30.6 Å². The minimum Gasteiger partial charge on any atom is -0.454 e. The topological polar surface area (TPSA) is 91.8 Å². The number of ether oxygens (including phenoxy) is 4. The molecule has 164 valence electrons. The molecule has 3 aromatic rings. The zero-order valence-electron chi connectivity index (χ0n) is 17.7. The molecule has 8 nitrogen and oxygen atoms in total. The third kappa shape index (κ3) is 4.36. The summed E-state index contributed by atoms with van der Waals surface area (Å²) >= 11 is 0. The van der Waals surface area contributed by atoms with E-state index < -0.39 is 0 Å². The molecule has 1 fully saturated rings. The van der Waals surface area contributed by atoms with Gasteiger partial charge in [0.2, 0.25) is 12.7 Å². The number of fused-ring (bicyclic) bond motifs is 1. The predicted octanol–water partition coefficient (Wildman–Crippen LogP) is 3.88. The van der Waals surface area contributed by atoms with Crippen molar-refractivity contribution in [1.29, 1.82) is 0 Å². The number of aryl methyl sites for hydroxylation is 1. The molecule has 1 saturated heterocycles. The fourth-order valence-electron chi connectivity index (χ4n) is 3.68. The molecule has 0 spiro atoms. The van der Waals surface area contributed by atoms with Crippen LogP contribution in [0.5, 0.6) is 23.1 Å². The van der Waals surface area contributed by atoms with Gasteiger partial charge < -0.3 is 24.3 Å². The molecule has 0 radical (unpaired) electrons. The molecule has 1 aromatic heterocycles. The Morgan fingerprint density at radius 1 is 1.19 bits per heavy atom. The molecule has 1 atom stereocenters. The molecule has 0 bridgehead atoms. The number of aromatic nitrogens is 2. The van der Waals surface area contributed by atoms with E-state index in [1.165, 1.54) is 6.20 Å². The standard InChI is InChI=1S/C24H23N3O5/c1-15-4-2-5-16(10-15)22-25-13-19(23(28)26-12-18-6-3-9-29-18)24(27-22)32-17-7-8-20-21(11-17)31-14-30-20/h2,4-5,7-8,10-11,13,18H,3,6,9,12,14H2,1H3,(H,26,28)/t18-/m0/s1. The second-order valence-corrected chi connectivity index (χ2v) is 7.74. The van der Waals surface area contributed by atoms with Crippen molar-refractivity contribution >= 4 is 5.91 Å². The Morgan fingerprint density at radius 3 is 2.94 bits per heavy atom. The van der Waals surface area contributed by atoms with Gasteiger partial charge in [0.25, 0.3) is 5.91 Å². The maximum absolute atomic E-state index is 12.9. The van der Waals surface area contributed by atoms with Gasteiger partial charge in [-0.05, 0) is 38.0 Å². The predicted molar refractivity (Wildman–Crippen MR) is 116 cm³/mol.